The van der Waals surface area contributed by atoms with Crippen LogP contribution < -0.4 is 5.32 Å². The lowest BCUT2D eigenvalue weighted by Crippen LogP contribution is -2.43. The second kappa shape index (κ2) is 9.99. The summed E-state index contributed by atoms with van der Waals surface area (Å²) in [5.74, 6) is 0.380. The highest BCUT2D eigenvalue weighted by Gasteiger charge is 2.33. The highest BCUT2D eigenvalue weighted by atomic mass is 32.2. The van der Waals surface area contributed by atoms with Crippen LogP contribution >= 0.6 is 23.1 Å². The van der Waals surface area contributed by atoms with E-state index < -0.39 is 10.0 Å². The molecule has 1 aliphatic rings. The average Bonchev–Trinajstić information content (AvgIpc) is 3.35. The molecular weight excluding hydrogens is 448 g/mol. The predicted octanol–water partition coefficient (Wildman–Crippen LogP) is 5.08. The third kappa shape index (κ3) is 5.57. The largest absolute Gasteiger partial charge is 0.326 e. The molecule has 0 radical (unpaired) electrons. The van der Waals surface area contributed by atoms with Crippen LogP contribution in [0.4, 0.5) is 5.69 Å². The van der Waals surface area contributed by atoms with E-state index in [0.717, 1.165) is 11.4 Å². The van der Waals surface area contributed by atoms with E-state index in [9.17, 15) is 13.2 Å². The number of thiophene rings is 1. The molecule has 0 saturated carbocycles. The van der Waals surface area contributed by atoms with Crippen LogP contribution in [0.15, 0.2) is 81.2 Å². The van der Waals surface area contributed by atoms with Crippen molar-refractivity contribution in [3.8, 4) is 0 Å². The lowest BCUT2D eigenvalue weighted by atomic mass is 9.98. The fourth-order valence-corrected chi connectivity index (χ4v) is 7.07. The fourth-order valence-electron chi connectivity index (χ4n) is 3.52. The molecule has 1 N–H and O–H groups in total. The minimum absolute atomic E-state index is 0.127. The number of hydrogen-bond acceptors (Lipinski definition) is 5. The number of piperidine rings is 1. The molecule has 1 aliphatic heterocycles. The SMILES string of the molecule is O=C(Nc1ccc(CSc2ccccc2)cc1)[C@H]1CCCN(S(=O)(=O)c2cccs2)C1. The first-order chi connectivity index (χ1) is 15.0. The van der Waals surface area contributed by atoms with Gasteiger partial charge in [-0.25, -0.2) is 8.42 Å². The maximum absolute atomic E-state index is 12.8. The van der Waals surface area contributed by atoms with Crippen LogP contribution in [0.5, 0.6) is 0 Å². The van der Waals surface area contributed by atoms with Crippen molar-refractivity contribution in [2.24, 2.45) is 5.92 Å². The van der Waals surface area contributed by atoms with Gasteiger partial charge in [-0.15, -0.1) is 23.1 Å². The van der Waals surface area contributed by atoms with Gasteiger partial charge in [0.25, 0.3) is 10.0 Å². The number of rotatable bonds is 7. The molecule has 1 saturated heterocycles. The molecule has 8 heteroatoms. The summed E-state index contributed by atoms with van der Waals surface area (Å²) in [4.78, 5) is 14.0. The number of carbonyl (C=O) groups excluding carboxylic acids is 1. The molecule has 0 unspecified atom stereocenters. The van der Waals surface area contributed by atoms with Crippen LogP contribution in [0.25, 0.3) is 0 Å². The zero-order valence-corrected chi connectivity index (χ0v) is 19.4. The number of benzene rings is 2. The molecule has 31 heavy (non-hydrogen) atoms. The lowest BCUT2D eigenvalue weighted by molar-refractivity contribution is -0.120. The Hall–Kier alpha value is -2.13. The monoisotopic (exact) mass is 472 g/mol. The van der Waals surface area contributed by atoms with Gasteiger partial charge in [-0.1, -0.05) is 36.4 Å². The van der Waals surface area contributed by atoms with Gasteiger partial charge in [0.05, 0.1) is 5.92 Å². The number of hydrogen-bond donors (Lipinski definition) is 1. The van der Waals surface area contributed by atoms with Crippen molar-refractivity contribution in [1.29, 1.82) is 0 Å². The summed E-state index contributed by atoms with van der Waals surface area (Å²) in [6.07, 6.45) is 1.37. The average molecular weight is 473 g/mol. The van der Waals surface area contributed by atoms with Crippen molar-refractivity contribution >= 4 is 44.7 Å². The Bertz CT molecular complexity index is 1100. The van der Waals surface area contributed by atoms with Crippen molar-refractivity contribution in [3.63, 3.8) is 0 Å². The minimum atomic E-state index is -3.52. The molecule has 2 heterocycles. The maximum Gasteiger partial charge on any atom is 0.252 e. The number of thioether (sulfide) groups is 1. The van der Waals surface area contributed by atoms with E-state index in [1.807, 2.05) is 42.5 Å². The second-order valence-electron chi connectivity index (χ2n) is 7.42. The zero-order valence-electron chi connectivity index (χ0n) is 16.9. The van der Waals surface area contributed by atoms with Crippen molar-refractivity contribution in [3.05, 3.63) is 77.7 Å². The Morgan fingerprint density at radius 2 is 1.84 bits per heavy atom. The number of anilines is 1. The molecule has 0 bridgehead atoms. The maximum atomic E-state index is 12.8. The summed E-state index contributed by atoms with van der Waals surface area (Å²) < 4.78 is 27.3. The third-order valence-corrected chi connectivity index (χ3v) is 9.54. The summed E-state index contributed by atoms with van der Waals surface area (Å²) in [6, 6.07) is 21.4. The molecule has 2 aromatic carbocycles. The first-order valence-electron chi connectivity index (χ1n) is 10.1. The van der Waals surface area contributed by atoms with E-state index in [4.69, 9.17) is 0 Å². The van der Waals surface area contributed by atoms with Crippen LogP contribution in [0.1, 0.15) is 18.4 Å². The van der Waals surface area contributed by atoms with Gasteiger partial charge in [-0.3, -0.25) is 4.79 Å². The molecule has 0 spiro atoms. The Morgan fingerprint density at radius 1 is 1.06 bits per heavy atom. The lowest BCUT2D eigenvalue weighted by Gasteiger charge is -2.30. The van der Waals surface area contributed by atoms with Crippen molar-refractivity contribution in [2.45, 2.75) is 27.7 Å². The van der Waals surface area contributed by atoms with Crippen LogP contribution in [-0.4, -0.2) is 31.7 Å². The fraction of sp³-hybridized carbons (Fsp3) is 0.261. The Balaban J connectivity index is 1.33. The second-order valence-corrected chi connectivity index (χ2v) is 11.6. The topological polar surface area (TPSA) is 66.5 Å². The summed E-state index contributed by atoms with van der Waals surface area (Å²) in [7, 11) is -3.52. The minimum Gasteiger partial charge on any atom is -0.326 e. The van der Waals surface area contributed by atoms with Crippen LogP contribution in [-0.2, 0) is 20.6 Å². The molecule has 1 amide bonds. The van der Waals surface area contributed by atoms with E-state index >= 15 is 0 Å². The molecule has 3 aromatic rings. The Morgan fingerprint density at radius 3 is 2.55 bits per heavy atom. The number of amides is 1. The van der Waals surface area contributed by atoms with Gasteiger partial charge in [-0.05, 0) is 54.1 Å². The molecule has 5 nitrogen and oxygen atoms in total. The molecule has 162 valence electrons. The van der Waals surface area contributed by atoms with Gasteiger partial charge in [0.2, 0.25) is 5.91 Å². The summed E-state index contributed by atoms with van der Waals surface area (Å²) in [5, 5.41) is 4.71. The molecular formula is C23H24N2O3S3. The Kier molecular flexibility index (Phi) is 7.12. The molecule has 4 rings (SSSR count). The highest BCUT2D eigenvalue weighted by Crippen LogP contribution is 2.27. The van der Waals surface area contributed by atoms with Crippen molar-refractivity contribution < 1.29 is 13.2 Å². The van der Waals surface area contributed by atoms with E-state index in [1.165, 1.54) is 26.1 Å². The van der Waals surface area contributed by atoms with E-state index in [0.29, 0.717) is 23.6 Å². The van der Waals surface area contributed by atoms with Crippen LogP contribution in [0, 0.1) is 5.92 Å². The number of sulfonamides is 1. The molecule has 1 aromatic heterocycles. The highest BCUT2D eigenvalue weighted by molar-refractivity contribution is 7.98. The van der Waals surface area contributed by atoms with Gasteiger partial charge in [0.15, 0.2) is 0 Å². The summed E-state index contributed by atoms with van der Waals surface area (Å²) in [5.41, 5.74) is 1.91. The van der Waals surface area contributed by atoms with Gasteiger partial charge < -0.3 is 5.32 Å². The number of carbonyl (C=O) groups is 1. The summed E-state index contributed by atoms with van der Waals surface area (Å²) in [6.45, 7) is 0.676. The Labute approximate surface area is 191 Å². The van der Waals surface area contributed by atoms with Crippen molar-refractivity contribution in [1.82, 2.24) is 4.31 Å². The van der Waals surface area contributed by atoms with Crippen molar-refractivity contribution in [2.75, 3.05) is 18.4 Å². The van der Waals surface area contributed by atoms with Gasteiger partial charge >= 0.3 is 0 Å². The summed E-state index contributed by atoms with van der Waals surface area (Å²) >= 11 is 2.98. The van der Waals surface area contributed by atoms with Crippen LogP contribution in [0.3, 0.4) is 0 Å². The first-order valence-corrected chi connectivity index (χ1v) is 13.4. The zero-order chi connectivity index (χ0) is 21.7. The first kappa shape index (κ1) is 22.1. The van der Waals surface area contributed by atoms with E-state index in [2.05, 4.69) is 17.4 Å². The standard InChI is InChI=1S/C23H24N2O3S3/c26-23(19-6-4-14-25(16-19)31(27,28)22-9-5-15-29-22)24-20-12-10-18(11-13-20)17-30-21-7-2-1-3-8-21/h1-3,5,7-13,15,19H,4,6,14,16-17H2,(H,24,26)/t19-/m0/s1. The van der Waals surface area contributed by atoms with Crippen LogP contribution in [0.2, 0.25) is 0 Å². The molecule has 1 fully saturated rings. The number of nitrogens with zero attached hydrogens (tertiary/aromatic N) is 1. The molecule has 0 aliphatic carbocycles. The normalized spacial score (nSPS) is 17.4. The number of nitrogens with one attached hydrogen (secondary N) is 1. The van der Waals surface area contributed by atoms with E-state index in [-0.39, 0.29) is 18.4 Å². The van der Waals surface area contributed by atoms with Gasteiger partial charge in [-0.2, -0.15) is 4.31 Å². The smallest absolute Gasteiger partial charge is 0.252 e. The van der Waals surface area contributed by atoms with Gasteiger partial charge in [0, 0.05) is 29.4 Å². The molecule has 1 atom stereocenters. The predicted molar refractivity (Wildman–Crippen MR) is 127 cm³/mol. The quantitative estimate of drug-likeness (QED) is 0.487. The van der Waals surface area contributed by atoms with E-state index in [1.54, 1.807) is 29.3 Å². The third-order valence-electron chi connectivity index (χ3n) is 5.21. The van der Waals surface area contributed by atoms with Gasteiger partial charge in [0.1, 0.15) is 4.21 Å².